The van der Waals surface area contributed by atoms with Gasteiger partial charge in [-0.1, -0.05) is 23.8 Å². The third kappa shape index (κ3) is 2.96. The second-order valence-electron chi connectivity index (χ2n) is 4.75. The smallest absolute Gasteiger partial charge is 0.173 e. The molecule has 0 aliphatic rings. The van der Waals surface area contributed by atoms with E-state index in [1.807, 2.05) is 32.0 Å². The van der Waals surface area contributed by atoms with Crippen molar-refractivity contribution in [2.75, 3.05) is 0 Å². The molecule has 0 atom stereocenters. The molecule has 0 radical (unpaired) electrons. The van der Waals surface area contributed by atoms with Crippen LogP contribution in [0.2, 0.25) is 0 Å². The van der Waals surface area contributed by atoms with Gasteiger partial charge in [-0.15, -0.1) is 0 Å². The summed E-state index contributed by atoms with van der Waals surface area (Å²) >= 11 is 2.97. The molecule has 0 amide bonds. The summed E-state index contributed by atoms with van der Waals surface area (Å²) in [7, 11) is 0. The highest BCUT2D eigenvalue weighted by Crippen LogP contribution is 2.23. The second kappa shape index (κ2) is 5.83. The Balaban J connectivity index is 2.38. The summed E-state index contributed by atoms with van der Waals surface area (Å²) in [6.45, 7) is 3.78. The van der Waals surface area contributed by atoms with E-state index in [4.69, 9.17) is 0 Å². The van der Waals surface area contributed by atoms with Gasteiger partial charge < -0.3 is 0 Å². The Morgan fingerprint density at radius 3 is 2.55 bits per heavy atom. The van der Waals surface area contributed by atoms with Crippen molar-refractivity contribution in [1.82, 2.24) is 0 Å². The van der Waals surface area contributed by atoms with Crippen molar-refractivity contribution in [2.24, 2.45) is 0 Å². The van der Waals surface area contributed by atoms with Crippen LogP contribution in [0.15, 0.2) is 34.8 Å². The van der Waals surface area contributed by atoms with E-state index in [2.05, 4.69) is 15.9 Å². The number of benzene rings is 2. The Morgan fingerprint density at radius 2 is 1.85 bits per heavy atom. The lowest BCUT2D eigenvalue weighted by Gasteiger charge is -2.09. The first-order chi connectivity index (χ1) is 9.40. The normalized spacial score (nSPS) is 10.7. The summed E-state index contributed by atoms with van der Waals surface area (Å²) in [5.41, 5.74) is 2.24. The number of hydrogen-bond donors (Lipinski definition) is 0. The van der Waals surface area contributed by atoms with Gasteiger partial charge in [0.05, 0.1) is 10.0 Å². The van der Waals surface area contributed by atoms with Crippen LogP contribution >= 0.6 is 15.9 Å². The van der Waals surface area contributed by atoms with E-state index in [0.717, 1.165) is 22.8 Å². The van der Waals surface area contributed by atoms with Crippen molar-refractivity contribution in [3.8, 4) is 0 Å². The number of hydrogen-bond acceptors (Lipinski definition) is 1. The van der Waals surface area contributed by atoms with Gasteiger partial charge in [0.25, 0.3) is 0 Å². The molecule has 0 spiro atoms. The van der Waals surface area contributed by atoms with Crippen LogP contribution in [0.3, 0.4) is 0 Å². The molecule has 0 bridgehead atoms. The molecule has 4 heteroatoms. The Morgan fingerprint density at radius 1 is 1.15 bits per heavy atom. The van der Waals surface area contributed by atoms with Gasteiger partial charge in [-0.3, -0.25) is 4.79 Å². The van der Waals surface area contributed by atoms with Crippen molar-refractivity contribution in [3.63, 3.8) is 0 Å². The second-order valence-corrected chi connectivity index (χ2v) is 5.60. The first-order valence-electron chi connectivity index (χ1n) is 6.13. The molecule has 0 aromatic heterocycles. The Bertz CT molecular complexity index is 680. The lowest BCUT2D eigenvalue weighted by atomic mass is 9.97. The van der Waals surface area contributed by atoms with Gasteiger partial charge in [-0.25, -0.2) is 8.78 Å². The molecular formula is C16H13BrF2O. The molecule has 104 valence electrons. The Kier molecular flexibility index (Phi) is 4.33. The van der Waals surface area contributed by atoms with Crippen LogP contribution in [-0.4, -0.2) is 5.78 Å². The highest BCUT2D eigenvalue weighted by atomic mass is 79.9. The zero-order valence-corrected chi connectivity index (χ0v) is 12.7. The maximum Gasteiger partial charge on any atom is 0.173 e. The van der Waals surface area contributed by atoms with E-state index in [1.54, 1.807) is 0 Å². The van der Waals surface area contributed by atoms with E-state index >= 15 is 0 Å². The highest BCUT2D eigenvalue weighted by molar-refractivity contribution is 9.10. The lowest BCUT2D eigenvalue weighted by Crippen LogP contribution is -2.10. The fraction of sp³-hybridized carbons (Fsp3) is 0.188. The van der Waals surface area contributed by atoms with E-state index < -0.39 is 23.0 Å². The minimum atomic E-state index is -0.847. The van der Waals surface area contributed by atoms with E-state index in [1.165, 1.54) is 6.07 Å². The molecule has 0 saturated heterocycles. The Hall–Kier alpha value is -1.55. The van der Waals surface area contributed by atoms with Gasteiger partial charge in [-0.05, 0) is 53.0 Å². The molecule has 0 N–H and O–H groups in total. The quantitative estimate of drug-likeness (QED) is 0.582. The molecule has 0 aliphatic carbocycles. The summed E-state index contributed by atoms with van der Waals surface area (Å²) in [5.74, 6) is -2.24. The minimum Gasteiger partial charge on any atom is -0.294 e. The zero-order valence-electron chi connectivity index (χ0n) is 11.1. The summed E-state index contributed by atoms with van der Waals surface area (Å²) < 4.78 is 27.7. The van der Waals surface area contributed by atoms with Crippen LogP contribution in [0, 0.1) is 25.5 Å². The number of aryl methyl sites for hydroxylation is 2. The fourth-order valence-corrected chi connectivity index (χ4v) is 2.37. The number of ketones is 1. The maximum absolute atomic E-state index is 13.9. The maximum atomic E-state index is 13.9. The summed E-state index contributed by atoms with van der Waals surface area (Å²) in [6, 6.07) is 8.03. The number of carbonyl (C=O) groups excluding carboxylic acids is 1. The SMILES string of the molecule is Cc1ccc(C)c(CC(=O)c2c(F)ccc(Br)c2F)c1. The van der Waals surface area contributed by atoms with Gasteiger partial charge in [0.15, 0.2) is 11.6 Å². The van der Waals surface area contributed by atoms with Crippen molar-refractivity contribution in [2.45, 2.75) is 20.3 Å². The first-order valence-corrected chi connectivity index (χ1v) is 6.92. The monoisotopic (exact) mass is 338 g/mol. The molecule has 0 saturated carbocycles. The lowest BCUT2D eigenvalue weighted by molar-refractivity contribution is 0.0984. The van der Waals surface area contributed by atoms with Gasteiger partial charge in [0.2, 0.25) is 0 Å². The van der Waals surface area contributed by atoms with Gasteiger partial charge >= 0.3 is 0 Å². The zero-order chi connectivity index (χ0) is 14.9. The molecule has 0 fully saturated rings. The number of halogens is 3. The number of carbonyl (C=O) groups is 1. The minimum absolute atomic E-state index is 0.0161. The summed E-state index contributed by atoms with van der Waals surface area (Å²) in [5, 5.41) is 0. The molecule has 2 aromatic carbocycles. The molecule has 0 unspecified atom stereocenters. The summed E-state index contributed by atoms with van der Waals surface area (Å²) in [6.07, 6.45) is -0.0161. The van der Waals surface area contributed by atoms with Crippen molar-refractivity contribution >= 4 is 21.7 Å². The third-order valence-corrected chi connectivity index (χ3v) is 3.79. The summed E-state index contributed by atoms with van der Waals surface area (Å²) in [4.78, 5) is 12.2. The van der Waals surface area contributed by atoms with Crippen molar-refractivity contribution in [3.05, 3.63) is 68.7 Å². The average molecular weight is 339 g/mol. The molecule has 2 aromatic rings. The molecular weight excluding hydrogens is 326 g/mol. The molecule has 20 heavy (non-hydrogen) atoms. The third-order valence-electron chi connectivity index (χ3n) is 3.18. The van der Waals surface area contributed by atoms with Gasteiger partial charge in [-0.2, -0.15) is 0 Å². The molecule has 0 aliphatic heterocycles. The van der Waals surface area contributed by atoms with Crippen LogP contribution in [0.1, 0.15) is 27.0 Å². The largest absolute Gasteiger partial charge is 0.294 e. The molecule has 2 rings (SSSR count). The standard InChI is InChI=1S/C16H13BrF2O/c1-9-3-4-10(2)11(7-9)8-14(20)15-13(18)6-5-12(17)16(15)19/h3-7H,8H2,1-2H3. The van der Waals surface area contributed by atoms with E-state index in [0.29, 0.717) is 0 Å². The molecule has 1 nitrogen and oxygen atoms in total. The number of Topliss-reactive ketones (excluding diaryl/α,β-unsaturated/α-hetero) is 1. The predicted octanol–water partition coefficient (Wildman–Crippen LogP) is 4.77. The van der Waals surface area contributed by atoms with Gasteiger partial charge in [0.1, 0.15) is 5.82 Å². The van der Waals surface area contributed by atoms with Gasteiger partial charge in [0, 0.05) is 6.42 Å². The van der Waals surface area contributed by atoms with E-state index in [9.17, 15) is 13.6 Å². The Labute approximate surface area is 124 Å². The van der Waals surface area contributed by atoms with Crippen LogP contribution < -0.4 is 0 Å². The topological polar surface area (TPSA) is 17.1 Å². The van der Waals surface area contributed by atoms with Crippen LogP contribution in [0.25, 0.3) is 0 Å². The van der Waals surface area contributed by atoms with Crippen LogP contribution in [0.4, 0.5) is 8.78 Å². The highest BCUT2D eigenvalue weighted by Gasteiger charge is 2.20. The average Bonchev–Trinajstić information content (AvgIpc) is 2.39. The van der Waals surface area contributed by atoms with Crippen LogP contribution in [0.5, 0.6) is 0 Å². The first kappa shape index (κ1) is 14.9. The number of rotatable bonds is 3. The molecule has 0 heterocycles. The van der Waals surface area contributed by atoms with E-state index in [-0.39, 0.29) is 10.9 Å². The predicted molar refractivity (Wildman–Crippen MR) is 78.0 cm³/mol. The van der Waals surface area contributed by atoms with Crippen LogP contribution in [-0.2, 0) is 6.42 Å². The fourth-order valence-electron chi connectivity index (χ4n) is 2.03. The van der Waals surface area contributed by atoms with Crippen molar-refractivity contribution < 1.29 is 13.6 Å². The van der Waals surface area contributed by atoms with Crippen molar-refractivity contribution in [1.29, 1.82) is 0 Å².